The lowest BCUT2D eigenvalue weighted by molar-refractivity contribution is 0.220. The summed E-state index contributed by atoms with van der Waals surface area (Å²) in [5.41, 5.74) is 12.2. The van der Waals surface area contributed by atoms with Crippen LogP contribution in [0.2, 0.25) is 10.0 Å². The molecule has 0 bridgehead atoms. The van der Waals surface area contributed by atoms with Crippen LogP contribution in [-0.2, 0) is 6.42 Å². The van der Waals surface area contributed by atoms with E-state index < -0.39 is 0 Å². The summed E-state index contributed by atoms with van der Waals surface area (Å²) >= 11 is 12.4. The average molecular weight is 391 g/mol. The number of methoxy groups -OCH3 is 1. The molecule has 0 amide bonds. The molecule has 26 heavy (non-hydrogen) atoms. The van der Waals surface area contributed by atoms with Crippen molar-refractivity contribution >= 4 is 23.2 Å². The van der Waals surface area contributed by atoms with E-state index in [4.69, 9.17) is 33.5 Å². The number of rotatable bonds is 5. The van der Waals surface area contributed by atoms with E-state index in [1.54, 1.807) is 7.11 Å². The lowest BCUT2D eigenvalue weighted by Crippen LogP contribution is -2.38. The SMILES string of the molecule is COc1ccc2c(c1)[C@@H](c1ccc(Cl)c(Cl)c1)C[C@@H](N(C)CN=[N+]=[N-])C2. The molecule has 2 aromatic rings. The monoisotopic (exact) mass is 390 g/mol. The molecule has 1 aliphatic rings. The third kappa shape index (κ3) is 3.92. The molecule has 2 atom stereocenters. The van der Waals surface area contributed by atoms with Crippen LogP contribution >= 0.6 is 23.2 Å². The summed E-state index contributed by atoms with van der Waals surface area (Å²) in [5, 5.41) is 4.81. The van der Waals surface area contributed by atoms with Crippen molar-refractivity contribution in [3.63, 3.8) is 0 Å². The van der Waals surface area contributed by atoms with Crippen LogP contribution in [0.4, 0.5) is 0 Å². The fourth-order valence-corrected chi connectivity index (χ4v) is 3.88. The van der Waals surface area contributed by atoms with Crippen LogP contribution < -0.4 is 4.74 Å². The van der Waals surface area contributed by atoms with E-state index in [0.29, 0.717) is 16.7 Å². The molecule has 0 spiro atoms. The highest BCUT2D eigenvalue weighted by Crippen LogP contribution is 2.41. The highest BCUT2D eigenvalue weighted by molar-refractivity contribution is 6.42. The Hall–Kier alpha value is -1.91. The first kappa shape index (κ1) is 18.9. The topological polar surface area (TPSA) is 61.2 Å². The Morgan fingerprint density at radius 3 is 2.73 bits per heavy atom. The fraction of sp³-hybridized carbons (Fsp3) is 0.368. The Morgan fingerprint density at radius 1 is 1.23 bits per heavy atom. The van der Waals surface area contributed by atoms with Crippen molar-refractivity contribution in [1.29, 1.82) is 0 Å². The zero-order valence-corrected chi connectivity index (χ0v) is 16.2. The first-order chi connectivity index (χ1) is 12.5. The Labute approximate surface area is 163 Å². The van der Waals surface area contributed by atoms with Gasteiger partial charge < -0.3 is 4.74 Å². The maximum absolute atomic E-state index is 8.61. The van der Waals surface area contributed by atoms with Crippen LogP contribution in [0.3, 0.4) is 0 Å². The second kappa shape index (κ2) is 8.19. The molecule has 0 unspecified atom stereocenters. The quantitative estimate of drug-likeness (QED) is 0.376. The molecule has 0 radical (unpaired) electrons. The molecule has 0 saturated heterocycles. The maximum atomic E-state index is 8.61. The molecular weight excluding hydrogens is 371 g/mol. The smallest absolute Gasteiger partial charge is 0.119 e. The molecule has 0 heterocycles. The molecule has 3 rings (SSSR count). The third-order valence-corrected chi connectivity index (χ3v) is 5.75. The van der Waals surface area contributed by atoms with Crippen LogP contribution in [0.15, 0.2) is 41.5 Å². The normalized spacial score (nSPS) is 19.0. The van der Waals surface area contributed by atoms with E-state index >= 15 is 0 Å². The summed E-state index contributed by atoms with van der Waals surface area (Å²) in [6.45, 7) is 0.348. The van der Waals surface area contributed by atoms with Gasteiger partial charge in [0, 0.05) is 16.9 Å². The van der Waals surface area contributed by atoms with Crippen molar-refractivity contribution < 1.29 is 4.74 Å². The van der Waals surface area contributed by atoms with Gasteiger partial charge in [0.15, 0.2) is 0 Å². The number of benzene rings is 2. The summed E-state index contributed by atoms with van der Waals surface area (Å²) < 4.78 is 5.42. The first-order valence-electron chi connectivity index (χ1n) is 8.36. The second-order valence-electron chi connectivity index (χ2n) is 6.51. The fourth-order valence-electron chi connectivity index (χ4n) is 3.57. The lowest BCUT2D eigenvalue weighted by atomic mass is 9.76. The van der Waals surface area contributed by atoms with E-state index in [9.17, 15) is 0 Å². The van der Waals surface area contributed by atoms with Gasteiger partial charge in [-0.1, -0.05) is 40.4 Å². The van der Waals surface area contributed by atoms with Crippen LogP contribution in [0, 0.1) is 0 Å². The standard InChI is InChI=1S/C19H20Cl2N4O/c1-25(11-23-24-22)14-7-12-3-5-15(26-2)10-17(12)16(9-14)13-4-6-18(20)19(21)8-13/h3-6,8,10,14,16H,7,9,11H2,1-2H3/t14-,16+/m0/s1. The van der Waals surface area contributed by atoms with Gasteiger partial charge in [-0.3, -0.25) is 4.90 Å². The largest absolute Gasteiger partial charge is 0.497 e. The molecule has 2 aromatic carbocycles. The van der Waals surface area contributed by atoms with Gasteiger partial charge in [0.2, 0.25) is 0 Å². The Morgan fingerprint density at radius 2 is 2.04 bits per heavy atom. The summed E-state index contributed by atoms with van der Waals surface area (Å²) in [5.74, 6) is 1.01. The second-order valence-corrected chi connectivity index (χ2v) is 7.33. The predicted octanol–water partition coefficient (Wildman–Crippen LogP) is 5.65. The number of fused-ring (bicyclic) bond motifs is 1. The van der Waals surface area contributed by atoms with Crippen molar-refractivity contribution in [1.82, 2.24) is 4.90 Å². The summed E-state index contributed by atoms with van der Waals surface area (Å²) in [7, 11) is 3.66. The van der Waals surface area contributed by atoms with Crippen LogP contribution in [0.1, 0.15) is 29.0 Å². The van der Waals surface area contributed by atoms with Crippen molar-refractivity contribution in [2.45, 2.75) is 24.8 Å². The minimum absolute atomic E-state index is 0.169. The first-order valence-corrected chi connectivity index (χ1v) is 9.12. The van der Waals surface area contributed by atoms with Gasteiger partial charge in [-0.2, -0.15) is 0 Å². The lowest BCUT2D eigenvalue weighted by Gasteiger charge is -2.36. The Bertz CT molecular complexity index is 851. The van der Waals surface area contributed by atoms with Gasteiger partial charge in [0.25, 0.3) is 0 Å². The molecule has 0 N–H and O–H groups in total. The molecule has 0 aromatic heterocycles. The zero-order valence-electron chi connectivity index (χ0n) is 14.7. The van der Waals surface area contributed by atoms with E-state index in [1.807, 2.05) is 31.3 Å². The van der Waals surface area contributed by atoms with E-state index in [2.05, 4.69) is 27.1 Å². The van der Waals surface area contributed by atoms with Crippen molar-refractivity contribution in [2.24, 2.45) is 5.11 Å². The number of hydrogen-bond donors (Lipinski definition) is 0. The Kier molecular flexibility index (Phi) is 5.94. The summed E-state index contributed by atoms with van der Waals surface area (Å²) in [6.07, 6.45) is 1.80. The average Bonchev–Trinajstić information content (AvgIpc) is 2.66. The summed E-state index contributed by atoms with van der Waals surface area (Å²) in [6, 6.07) is 12.3. The summed E-state index contributed by atoms with van der Waals surface area (Å²) in [4.78, 5) is 4.97. The third-order valence-electron chi connectivity index (χ3n) is 5.01. The number of ether oxygens (including phenoxy) is 1. The van der Waals surface area contributed by atoms with E-state index in [0.717, 1.165) is 24.2 Å². The van der Waals surface area contributed by atoms with Crippen molar-refractivity contribution in [3.8, 4) is 5.75 Å². The highest BCUT2D eigenvalue weighted by Gasteiger charge is 2.30. The molecule has 1 aliphatic carbocycles. The van der Waals surface area contributed by atoms with Crippen molar-refractivity contribution in [2.75, 3.05) is 20.8 Å². The molecule has 0 fully saturated rings. The molecule has 7 heteroatoms. The van der Waals surface area contributed by atoms with Gasteiger partial charge in [-0.05, 0) is 66.4 Å². The number of halogens is 2. The predicted molar refractivity (Wildman–Crippen MR) is 105 cm³/mol. The molecule has 0 saturated carbocycles. The highest BCUT2D eigenvalue weighted by atomic mass is 35.5. The Balaban J connectivity index is 2.02. The van der Waals surface area contributed by atoms with Gasteiger partial charge in [0.05, 0.1) is 23.8 Å². The van der Waals surface area contributed by atoms with Gasteiger partial charge in [-0.25, -0.2) is 0 Å². The zero-order chi connectivity index (χ0) is 18.7. The maximum Gasteiger partial charge on any atom is 0.119 e. The van der Waals surface area contributed by atoms with Crippen molar-refractivity contribution in [3.05, 3.63) is 73.6 Å². The van der Waals surface area contributed by atoms with E-state index in [1.165, 1.54) is 11.1 Å². The molecule has 0 aliphatic heterocycles. The molecule has 136 valence electrons. The van der Waals surface area contributed by atoms with Gasteiger partial charge in [0.1, 0.15) is 5.75 Å². The van der Waals surface area contributed by atoms with Gasteiger partial charge >= 0.3 is 0 Å². The number of likely N-dealkylation sites (N-methyl/N-ethyl adjacent to an activating group) is 1. The minimum atomic E-state index is 0.169. The van der Waals surface area contributed by atoms with Crippen LogP contribution in [0.25, 0.3) is 10.4 Å². The number of azide groups is 1. The minimum Gasteiger partial charge on any atom is -0.497 e. The van der Waals surface area contributed by atoms with Gasteiger partial charge in [-0.15, -0.1) is 0 Å². The number of nitrogens with zero attached hydrogens (tertiary/aromatic N) is 4. The van der Waals surface area contributed by atoms with Crippen LogP contribution in [-0.4, -0.2) is 31.8 Å². The molecular formula is C19H20Cl2N4O. The van der Waals surface area contributed by atoms with E-state index in [-0.39, 0.29) is 12.0 Å². The van der Waals surface area contributed by atoms with Crippen LogP contribution in [0.5, 0.6) is 5.75 Å². The molecule has 5 nitrogen and oxygen atoms in total. The number of hydrogen-bond acceptors (Lipinski definition) is 3.